The van der Waals surface area contributed by atoms with Crippen LogP contribution in [-0.2, 0) is 0 Å². The van der Waals surface area contributed by atoms with E-state index in [1.165, 1.54) is 0 Å². The first-order valence-corrected chi connectivity index (χ1v) is 8.82. The summed E-state index contributed by atoms with van der Waals surface area (Å²) in [6.07, 6.45) is 3.49. The number of nitrogens with zero attached hydrogens (tertiary/aromatic N) is 4. The molecule has 0 radical (unpaired) electrons. The summed E-state index contributed by atoms with van der Waals surface area (Å²) in [5.41, 5.74) is 2.42. The highest BCUT2D eigenvalue weighted by Gasteiger charge is 2.13. The van der Waals surface area contributed by atoms with E-state index < -0.39 is 0 Å². The van der Waals surface area contributed by atoms with Gasteiger partial charge < -0.3 is 19.5 Å². The van der Waals surface area contributed by atoms with Crippen molar-refractivity contribution in [3.8, 4) is 22.9 Å². The van der Waals surface area contributed by atoms with Gasteiger partial charge in [-0.05, 0) is 36.4 Å². The van der Waals surface area contributed by atoms with E-state index in [4.69, 9.17) is 14.2 Å². The van der Waals surface area contributed by atoms with Gasteiger partial charge in [0.05, 0.1) is 24.4 Å². The number of hydrogen-bond acceptors (Lipinski definition) is 7. The van der Waals surface area contributed by atoms with Gasteiger partial charge in [0.1, 0.15) is 19.0 Å². The summed E-state index contributed by atoms with van der Waals surface area (Å²) >= 11 is 0. The second kappa shape index (κ2) is 6.73. The summed E-state index contributed by atoms with van der Waals surface area (Å²) < 4.78 is 18.2. The fraction of sp³-hybridized carbons (Fsp3) is 0.150. The molecule has 1 aliphatic rings. The number of nitrogens with one attached hydrogen (secondary N) is 1. The van der Waals surface area contributed by atoms with Crippen LogP contribution in [0.2, 0.25) is 0 Å². The molecule has 8 nitrogen and oxygen atoms in total. The van der Waals surface area contributed by atoms with E-state index >= 15 is 0 Å². The molecule has 0 amide bonds. The molecule has 0 aliphatic carbocycles. The standard InChI is InChI=1S/C20H17N5O3/c1-26-16-5-3-15(4-6-16)25-19-13(12-22-25)11-21-20(24-19)23-14-2-7-17-18(10-14)28-9-8-27-17/h2-7,10-12H,8-9H2,1H3,(H,21,23,24). The third kappa shape index (κ3) is 2.94. The third-order valence-electron chi connectivity index (χ3n) is 4.42. The van der Waals surface area contributed by atoms with Crippen LogP contribution in [-0.4, -0.2) is 40.1 Å². The summed E-state index contributed by atoms with van der Waals surface area (Å²) in [4.78, 5) is 9.02. The van der Waals surface area contributed by atoms with Crippen molar-refractivity contribution >= 4 is 22.7 Å². The van der Waals surface area contributed by atoms with Gasteiger partial charge in [0.2, 0.25) is 5.95 Å². The van der Waals surface area contributed by atoms with Crippen LogP contribution in [0, 0.1) is 0 Å². The lowest BCUT2D eigenvalue weighted by Crippen LogP contribution is -2.15. The van der Waals surface area contributed by atoms with E-state index in [-0.39, 0.29) is 0 Å². The topological polar surface area (TPSA) is 83.3 Å². The molecule has 28 heavy (non-hydrogen) atoms. The van der Waals surface area contributed by atoms with E-state index in [2.05, 4.69) is 20.4 Å². The Balaban J connectivity index is 1.47. The molecular weight excluding hydrogens is 358 g/mol. The normalized spacial score (nSPS) is 12.8. The zero-order chi connectivity index (χ0) is 18.9. The van der Waals surface area contributed by atoms with Crippen molar-refractivity contribution in [1.29, 1.82) is 0 Å². The summed E-state index contributed by atoms with van der Waals surface area (Å²) in [5, 5.41) is 8.50. The summed E-state index contributed by atoms with van der Waals surface area (Å²) in [6, 6.07) is 13.3. The van der Waals surface area contributed by atoms with Crippen molar-refractivity contribution in [3.63, 3.8) is 0 Å². The highest BCUT2D eigenvalue weighted by molar-refractivity contribution is 5.77. The number of anilines is 2. The maximum Gasteiger partial charge on any atom is 0.229 e. The van der Waals surface area contributed by atoms with E-state index in [1.807, 2.05) is 42.5 Å². The molecule has 3 heterocycles. The Labute approximate surface area is 160 Å². The smallest absolute Gasteiger partial charge is 0.229 e. The second-order valence-corrected chi connectivity index (χ2v) is 6.21. The summed E-state index contributed by atoms with van der Waals surface area (Å²) in [6.45, 7) is 1.11. The van der Waals surface area contributed by atoms with Crippen LogP contribution in [0.3, 0.4) is 0 Å². The van der Waals surface area contributed by atoms with Crippen molar-refractivity contribution < 1.29 is 14.2 Å². The average Bonchev–Trinajstić information content (AvgIpc) is 3.17. The monoisotopic (exact) mass is 375 g/mol. The number of aromatic nitrogens is 4. The maximum atomic E-state index is 5.63. The number of rotatable bonds is 4. The molecule has 1 aliphatic heterocycles. The number of fused-ring (bicyclic) bond motifs is 2. The molecule has 5 rings (SSSR count). The Hall–Kier alpha value is -3.81. The maximum absolute atomic E-state index is 5.63. The Bertz CT molecular complexity index is 1140. The fourth-order valence-electron chi connectivity index (χ4n) is 3.04. The predicted octanol–water partition coefficient (Wildman–Crippen LogP) is 3.34. The molecule has 0 saturated carbocycles. The van der Waals surface area contributed by atoms with Crippen molar-refractivity contribution in [2.75, 3.05) is 25.6 Å². The van der Waals surface area contributed by atoms with Crippen molar-refractivity contribution in [2.24, 2.45) is 0 Å². The van der Waals surface area contributed by atoms with Gasteiger partial charge in [0, 0.05) is 18.0 Å². The van der Waals surface area contributed by atoms with E-state index in [1.54, 1.807) is 24.2 Å². The minimum Gasteiger partial charge on any atom is -0.497 e. The highest BCUT2D eigenvalue weighted by atomic mass is 16.6. The van der Waals surface area contributed by atoms with Crippen LogP contribution in [0.25, 0.3) is 16.7 Å². The van der Waals surface area contributed by atoms with Gasteiger partial charge in [-0.15, -0.1) is 0 Å². The van der Waals surface area contributed by atoms with Crippen LogP contribution < -0.4 is 19.5 Å². The predicted molar refractivity (Wildman–Crippen MR) is 104 cm³/mol. The van der Waals surface area contributed by atoms with Crippen LogP contribution in [0.15, 0.2) is 54.9 Å². The van der Waals surface area contributed by atoms with Crippen LogP contribution in [0.5, 0.6) is 17.2 Å². The number of ether oxygens (including phenoxy) is 3. The van der Waals surface area contributed by atoms with E-state index in [9.17, 15) is 0 Å². The molecule has 140 valence electrons. The minimum atomic E-state index is 0.472. The average molecular weight is 375 g/mol. The molecule has 0 spiro atoms. The molecule has 0 saturated heterocycles. The van der Waals surface area contributed by atoms with Gasteiger partial charge in [0.15, 0.2) is 17.1 Å². The number of methoxy groups -OCH3 is 1. The zero-order valence-corrected chi connectivity index (χ0v) is 15.1. The fourth-order valence-corrected chi connectivity index (χ4v) is 3.04. The molecule has 4 aromatic rings. The molecule has 8 heteroatoms. The zero-order valence-electron chi connectivity index (χ0n) is 15.1. The van der Waals surface area contributed by atoms with Crippen LogP contribution >= 0.6 is 0 Å². The first kappa shape index (κ1) is 16.4. The van der Waals surface area contributed by atoms with Crippen LogP contribution in [0.1, 0.15) is 0 Å². The first-order valence-electron chi connectivity index (χ1n) is 8.82. The van der Waals surface area contributed by atoms with E-state index in [0.29, 0.717) is 30.6 Å². The van der Waals surface area contributed by atoms with E-state index in [0.717, 1.165) is 28.3 Å². The van der Waals surface area contributed by atoms with Gasteiger partial charge >= 0.3 is 0 Å². The Kier molecular flexibility index (Phi) is 3.93. The highest BCUT2D eigenvalue weighted by Crippen LogP contribution is 2.33. The third-order valence-corrected chi connectivity index (χ3v) is 4.42. The summed E-state index contributed by atoms with van der Waals surface area (Å²) in [7, 11) is 1.64. The molecule has 0 atom stereocenters. The molecule has 2 aromatic carbocycles. The van der Waals surface area contributed by atoms with Crippen molar-refractivity contribution in [2.45, 2.75) is 0 Å². The largest absolute Gasteiger partial charge is 0.497 e. The second-order valence-electron chi connectivity index (χ2n) is 6.21. The Morgan fingerprint density at radius 2 is 1.82 bits per heavy atom. The van der Waals surface area contributed by atoms with Gasteiger partial charge in [0.25, 0.3) is 0 Å². The Morgan fingerprint density at radius 3 is 2.64 bits per heavy atom. The van der Waals surface area contributed by atoms with Crippen molar-refractivity contribution in [1.82, 2.24) is 19.7 Å². The minimum absolute atomic E-state index is 0.472. The molecule has 2 aromatic heterocycles. The lowest BCUT2D eigenvalue weighted by molar-refractivity contribution is 0.171. The van der Waals surface area contributed by atoms with Gasteiger partial charge in [-0.3, -0.25) is 0 Å². The molecule has 1 N–H and O–H groups in total. The lowest BCUT2D eigenvalue weighted by Gasteiger charge is -2.19. The lowest BCUT2D eigenvalue weighted by atomic mass is 10.2. The Morgan fingerprint density at radius 1 is 1.00 bits per heavy atom. The molecule has 0 unspecified atom stereocenters. The van der Waals surface area contributed by atoms with Crippen LogP contribution in [0.4, 0.5) is 11.6 Å². The van der Waals surface area contributed by atoms with Gasteiger partial charge in [-0.1, -0.05) is 0 Å². The SMILES string of the molecule is COc1ccc(-n2ncc3cnc(Nc4ccc5c(c4)OCCO5)nc32)cc1. The molecule has 0 fully saturated rings. The molecule has 0 bridgehead atoms. The van der Waals surface area contributed by atoms with Gasteiger partial charge in [-0.25, -0.2) is 9.67 Å². The number of benzene rings is 2. The van der Waals surface area contributed by atoms with Gasteiger partial charge in [-0.2, -0.15) is 10.1 Å². The van der Waals surface area contributed by atoms with Crippen molar-refractivity contribution in [3.05, 3.63) is 54.9 Å². The number of hydrogen-bond donors (Lipinski definition) is 1. The first-order chi connectivity index (χ1) is 13.8. The molecular formula is C20H17N5O3. The summed E-state index contributed by atoms with van der Waals surface area (Å²) in [5.74, 6) is 2.71. The quantitative estimate of drug-likeness (QED) is 0.586.